The second kappa shape index (κ2) is 10.1. The van der Waals surface area contributed by atoms with Crippen LogP contribution in [0.15, 0.2) is 48.5 Å². The number of para-hydroxylation sites is 2. The van der Waals surface area contributed by atoms with Gasteiger partial charge in [0.05, 0.1) is 0 Å². The van der Waals surface area contributed by atoms with E-state index in [-0.39, 0.29) is 24.6 Å². The lowest BCUT2D eigenvalue weighted by atomic mass is 10.2. The van der Waals surface area contributed by atoms with Crippen LogP contribution in [0.1, 0.15) is 22.7 Å². The zero-order chi connectivity index (χ0) is 19.1. The van der Waals surface area contributed by atoms with Crippen LogP contribution >= 0.6 is 16.8 Å². The molecule has 0 spiro atoms. The van der Waals surface area contributed by atoms with Gasteiger partial charge in [-0.25, -0.2) is 0 Å². The Labute approximate surface area is 153 Å². The first kappa shape index (κ1) is 21.0. The highest BCUT2D eigenvalue weighted by Gasteiger charge is 2.24. The van der Waals surface area contributed by atoms with Crippen molar-refractivity contribution in [2.75, 3.05) is 13.1 Å². The summed E-state index contributed by atoms with van der Waals surface area (Å²) in [6.07, 6.45) is 0. The van der Waals surface area contributed by atoms with Gasteiger partial charge in [0.25, 0.3) is 0 Å². The predicted molar refractivity (Wildman–Crippen MR) is 100 cm³/mol. The smallest absolute Gasteiger partial charge is 0.188 e. The fourth-order valence-corrected chi connectivity index (χ4v) is 4.01. The molecule has 2 aromatic rings. The molecule has 2 unspecified atom stereocenters. The molecule has 8 N–H and O–H groups in total. The fraction of sp³-hybridized carbons (Fsp3) is 0.250. The van der Waals surface area contributed by atoms with E-state index < -0.39 is 28.3 Å². The van der Waals surface area contributed by atoms with Crippen LogP contribution in [0.4, 0.5) is 0 Å². The molecule has 0 aromatic heterocycles. The van der Waals surface area contributed by atoms with Crippen molar-refractivity contribution in [2.45, 2.75) is 11.6 Å². The molecule has 2 atom stereocenters. The maximum absolute atomic E-state index is 9.87. The highest BCUT2D eigenvalue weighted by Crippen LogP contribution is 2.45. The van der Waals surface area contributed by atoms with E-state index in [0.717, 1.165) is 0 Å². The SMILES string of the molecule is Oc1ccccc1C(NCCNC(c1ccccc1O)P(O)O)P(O)O. The average molecular weight is 400 g/mol. The van der Waals surface area contributed by atoms with Crippen molar-refractivity contribution in [3.63, 3.8) is 0 Å². The van der Waals surface area contributed by atoms with Crippen LogP contribution < -0.4 is 10.6 Å². The molecule has 2 aromatic carbocycles. The van der Waals surface area contributed by atoms with Crippen LogP contribution in [0, 0.1) is 0 Å². The molecule has 0 aliphatic carbocycles. The van der Waals surface area contributed by atoms with Crippen molar-refractivity contribution in [2.24, 2.45) is 0 Å². The molecule has 10 heteroatoms. The lowest BCUT2D eigenvalue weighted by Crippen LogP contribution is -2.31. The first-order chi connectivity index (χ1) is 12.4. The van der Waals surface area contributed by atoms with Gasteiger partial charge in [-0.1, -0.05) is 36.4 Å². The summed E-state index contributed by atoms with van der Waals surface area (Å²) < 4.78 is 0. The van der Waals surface area contributed by atoms with E-state index in [1.165, 1.54) is 12.1 Å². The molecule has 0 fully saturated rings. The summed E-state index contributed by atoms with van der Waals surface area (Å²) in [5.74, 6) is -1.78. The maximum atomic E-state index is 9.87. The van der Waals surface area contributed by atoms with Gasteiger partial charge in [0.15, 0.2) is 16.8 Å². The van der Waals surface area contributed by atoms with Crippen LogP contribution in [-0.4, -0.2) is 42.9 Å². The molecule has 0 saturated heterocycles. The van der Waals surface area contributed by atoms with E-state index in [2.05, 4.69) is 10.6 Å². The Morgan fingerprint density at radius 1 is 0.654 bits per heavy atom. The summed E-state index contributed by atoms with van der Waals surface area (Å²) in [4.78, 5) is 38.5. The number of phenolic OH excluding ortho intramolecular Hbond substituents is 2. The number of hydrogen-bond donors (Lipinski definition) is 8. The van der Waals surface area contributed by atoms with Gasteiger partial charge in [-0.15, -0.1) is 0 Å². The summed E-state index contributed by atoms with van der Waals surface area (Å²) in [5.41, 5.74) is 0.736. The Balaban J connectivity index is 1.97. The topological polar surface area (TPSA) is 145 Å². The molecule has 0 amide bonds. The number of nitrogens with one attached hydrogen (secondary N) is 2. The van der Waals surface area contributed by atoms with Crippen LogP contribution in [0.25, 0.3) is 0 Å². The van der Waals surface area contributed by atoms with E-state index in [4.69, 9.17) is 0 Å². The molecule has 2 rings (SSSR count). The minimum Gasteiger partial charge on any atom is -0.508 e. The Kier molecular flexibility index (Phi) is 8.15. The minimum atomic E-state index is -2.38. The zero-order valence-corrected chi connectivity index (χ0v) is 15.6. The van der Waals surface area contributed by atoms with Gasteiger partial charge in [-0.3, -0.25) is 0 Å². The highest BCUT2D eigenvalue weighted by molar-refractivity contribution is 7.45. The van der Waals surface area contributed by atoms with E-state index in [1.54, 1.807) is 36.4 Å². The van der Waals surface area contributed by atoms with Crippen LogP contribution in [0.2, 0.25) is 0 Å². The summed E-state index contributed by atoms with van der Waals surface area (Å²) in [5, 5.41) is 25.6. The number of hydrogen-bond acceptors (Lipinski definition) is 8. The molecule has 26 heavy (non-hydrogen) atoms. The van der Waals surface area contributed by atoms with E-state index in [1.807, 2.05) is 0 Å². The fourth-order valence-electron chi connectivity index (χ4n) is 2.49. The van der Waals surface area contributed by atoms with Crippen LogP contribution in [0.5, 0.6) is 11.5 Å². The third-order valence-electron chi connectivity index (χ3n) is 3.72. The van der Waals surface area contributed by atoms with Crippen molar-refractivity contribution in [3.8, 4) is 11.5 Å². The molecule has 0 radical (unpaired) electrons. The van der Waals surface area contributed by atoms with Gasteiger partial charge in [0.2, 0.25) is 0 Å². The summed E-state index contributed by atoms with van der Waals surface area (Å²) in [6, 6.07) is 12.7. The van der Waals surface area contributed by atoms with Crippen LogP contribution in [-0.2, 0) is 0 Å². The number of phenols is 2. The highest BCUT2D eigenvalue weighted by atomic mass is 31.2. The van der Waals surface area contributed by atoms with Crippen molar-refractivity contribution >= 4 is 16.8 Å². The molecule has 0 bridgehead atoms. The first-order valence-electron chi connectivity index (χ1n) is 7.78. The first-order valence-corrected chi connectivity index (χ1v) is 10.4. The summed E-state index contributed by atoms with van der Waals surface area (Å²) >= 11 is 0. The molecule has 0 aliphatic rings. The molecule has 0 heterocycles. The van der Waals surface area contributed by atoms with Crippen molar-refractivity contribution in [1.29, 1.82) is 0 Å². The molecule has 142 valence electrons. The van der Waals surface area contributed by atoms with Gasteiger partial charge in [0, 0.05) is 24.2 Å². The normalized spacial score (nSPS) is 13.9. The Bertz CT molecular complexity index is 644. The molecule has 0 aliphatic heterocycles. The monoisotopic (exact) mass is 400 g/mol. The van der Waals surface area contributed by atoms with Crippen molar-refractivity contribution < 1.29 is 29.8 Å². The largest absolute Gasteiger partial charge is 0.508 e. The minimum absolute atomic E-state index is 0.0464. The molecule has 8 nitrogen and oxygen atoms in total. The van der Waals surface area contributed by atoms with Gasteiger partial charge in [-0.2, -0.15) is 0 Å². The average Bonchev–Trinajstić information content (AvgIpc) is 2.59. The third kappa shape index (κ3) is 5.58. The predicted octanol–water partition coefficient (Wildman–Crippen LogP) is 1.57. The summed E-state index contributed by atoms with van der Waals surface area (Å²) in [6.45, 7) is 0.512. The lowest BCUT2D eigenvalue weighted by Gasteiger charge is -2.23. The standard InChI is InChI=1S/C16H22N2O6P2/c19-13-7-3-1-5-11(13)15(25(21)22)17-9-10-18-16(26(23)24)12-6-2-4-8-14(12)20/h1-8,15-24H,9-10H2. The second-order valence-corrected chi connectivity index (χ2v) is 7.79. The van der Waals surface area contributed by atoms with Crippen molar-refractivity contribution in [1.82, 2.24) is 10.6 Å². The second-order valence-electron chi connectivity index (χ2n) is 5.47. The molecular formula is C16H22N2O6P2. The zero-order valence-electron chi connectivity index (χ0n) is 13.8. The van der Waals surface area contributed by atoms with Crippen LogP contribution in [0.3, 0.4) is 0 Å². The number of aromatic hydroxyl groups is 2. The van der Waals surface area contributed by atoms with Gasteiger partial charge in [-0.05, 0) is 12.1 Å². The maximum Gasteiger partial charge on any atom is 0.188 e. The molecular weight excluding hydrogens is 378 g/mol. The summed E-state index contributed by atoms with van der Waals surface area (Å²) in [7, 11) is -4.77. The third-order valence-corrected chi connectivity index (χ3v) is 5.57. The van der Waals surface area contributed by atoms with Gasteiger partial charge < -0.3 is 40.4 Å². The van der Waals surface area contributed by atoms with E-state index in [9.17, 15) is 29.8 Å². The Morgan fingerprint density at radius 3 is 1.31 bits per heavy atom. The van der Waals surface area contributed by atoms with Gasteiger partial charge >= 0.3 is 0 Å². The molecule has 0 saturated carbocycles. The van der Waals surface area contributed by atoms with Crippen molar-refractivity contribution in [3.05, 3.63) is 59.7 Å². The Morgan fingerprint density at radius 2 is 1.00 bits per heavy atom. The van der Waals surface area contributed by atoms with E-state index in [0.29, 0.717) is 11.1 Å². The number of rotatable bonds is 9. The Hall–Kier alpha value is -1.34. The quantitative estimate of drug-likeness (QED) is 0.234. The van der Waals surface area contributed by atoms with E-state index >= 15 is 0 Å². The lowest BCUT2D eigenvalue weighted by molar-refractivity contribution is 0.419. The van der Waals surface area contributed by atoms with Gasteiger partial charge in [0.1, 0.15) is 23.1 Å². The number of benzene rings is 2.